The highest BCUT2D eigenvalue weighted by molar-refractivity contribution is 5.40. The average Bonchev–Trinajstić information content (AvgIpc) is 3.27. The maximum atomic E-state index is 12.3. The highest BCUT2D eigenvalue weighted by Gasteiger charge is 2.35. The van der Waals surface area contributed by atoms with Gasteiger partial charge in [0.25, 0.3) is 5.56 Å². The molecule has 0 spiro atoms. The fraction of sp³-hybridized carbons (Fsp3) is 0.619. The van der Waals surface area contributed by atoms with E-state index in [1.54, 1.807) is 6.07 Å². The van der Waals surface area contributed by atoms with E-state index in [9.17, 15) is 4.79 Å². The molecule has 5 heterocycles. The Morgan fingerprint density at radius 3 is 3.00 bits per heavy atom. The van der Waals surface area contributed by atoms with Crippen LogP contribution in [0.2, 0.25) is 0 Å². The molecule has 3 aliphatic heterocycles. The Morgan fingerprint density at radius 2 is 2.17 bits per heavy atom. The number of nitrogens with zero attached hydrogens (tertiary/aromatic N) is 5. The van der Waals surface area contributed by atoms with E-state index < -0.39 is 0 Å². The largest absolute Gasteiger partial charge is 0.464 e. The lowest BCUT2D eigenvalue weighted by Crippen LogP contribution is -2.47. The number of pyridine rings is 1. The summed E-state index contributed by atoms with van der Waals surface area (Å²) in [4.78, 5) is 28.2. The first-order valence-electron chi connectivity index (χ1n) is 10.9. The van der Waals surface area contributed by atoms with Gasteiger partial charge in [-0.05, 0) is 38.2 Å². The van der Waals surface area contributed by atoms with Gasteiger partial charge in [0.15, 0.2) is 0 Å². The Kier molecular flexibility index (Phi) is 5.28. The van der Waals surface area contributed by atoms with E-state index in [1.807, 2.05) is 17.6 Å². The molecule has 160 valence electrons. The van der Waals surface area contributed by atoms with E-state index in [1.165, 1.54) is 0 Å². The van der Waals surface area contributed by atoms with Crippen molar-refractivity contribution < 1.29 is 9.47 Å². The minimum atomic E-state index is 0.0926. The highest BCUT2D eigenvalue weighted by Crippen LogP contribution is 2.36. The van der Waals surface area contributed by atoms with Gasteiger partial charge in [0, 0.05) is 50.5 Å². The maximum Gasteiger partial charge on any atom is 0.323 e. The number of hydrogen-bond acceptors (Lipinski definition) is 8. The van der Waals surface area contributed by atoms with Crippen molar-refractivity contribution >= 4 is 11.9 Å². The monoisotopic (exact) mass is 412 g/mol. The number of rotatable bonds is 6. The molecule has 0 unspecified atom stereocenters. The summed E-state index contributed by atoms with van der Waals surface area (Å²) in [5, 5.41) is 3.30. The van der Waals surface area contributed by atoms with Crippen LogP contribution in [0.15, 0.2) is 23.0 Å². The summed E-state index contributed by atoms with van der Waals surface area (Å²) >= 11 is 0. The molecule has 30 heavy (non-hydrogen) atoms. The van der Waals surface area contributed by atoms with Crippen molar-refractivity contribution in [1.29, 1.82) is 0 Å². The van der Waals surface area contributed by atoms with Gasteiger partial charge in [0.2, 0.25) is 11.9 Å². The van der Waals surface area contributed by atoms with E-state index in [4.69, 9.17) is 9.47 Å². The molecule has 2 aromatic heterocycles. The van der Waals surface area contributed by atoms with Gasteiger partial charge in [-0.15, -0.1) is 0 Å². The van der Waals surface area contributed by atoms with Crippen molar-refractivity contribution in [3.05, 3.63) is 34.2 Å². The zero-order valence-corrected chi connectivity index (χ0v) is 17.3. The second-order valence-corrected chi connectivity index (χ2v) is 8.29. The molecule has 0 radical (unpaired) electrons. The highest BCUT2D eigenvalue weighted by atomic mass is 16.5. The fourth-order valence-electron chi connectivity index (χ4n) is 4.83. The third kappa shape index (κ3) is 3.86. The van der Waals surface area contributed by atoms with Gasteiger partial charge in [-0.2, -0.15) is 15.0 Å². The molecule has 1 N–H and O–H groups in total. The summed E-state index contributed by atoms with van der Waals surface area (Å²) in [6, 6.07) is 5.91. The Bertz CT molecular complexity index is 958. The van der Waals surface area contributed by atoms with Crippen LogP contribution in [0.1, 0.15) is 37.8 Å². The number of anilines is 2. The van der Waals surface area contributed by atoms with Crippen molar-refractivity contribution in [2.45, 2.75) is 44.8 Å². The topological polar surface area (TPSA) is 94.4 Å². The van der Waals surface area contributed by atoms with Gasteiger partial charge >= 0.3 is 6.01 Å². The number of piperidine rings is 1. The van der Waals surface area contributed by atoms with Crippen molar-refractivity contribution in [2.75, 3.05) is 43.1 Å². The molecular weight excluding hydrogens is 384 g/mol. The molecule has 0 aliphatic carbocycles. The average molecular weight is 412 g/mol. The molecule has 2 saturated heterocycles. The number of ether oxygens (including phenoxy) is 2. The molecule has 2 fully saturated rings. The summed E-state index contributed by atoms with van der Waals surface area (Å²) < 4.78 is 13.2. The molecule has 0 saturated carbocycles. The number of nitrogens with one attached hydrogen (secondary N) is 1. The number of aromatic nitrogens is 4. The molecule has 2 bridgehead atoms. The first-order valence-corrected chi connectivity index (χ1v) is 10.9. The van der Waals surface area contributed by atoms with Crippen molar-refractivity contribution in [3.8, 4) is 6.01 Å². The van der Waals surface area contributed by atoms with E-state index in [0.717, 1.165) is 51.2 Å². The van der Waals surface area contributed by atoms with E-state index in [-0.39, 0.29) is 11.7 Å². The van der Waals surface area contributed by atoms with Gasteiger partial charge in [-0.25, -0.2) is 0 Å². The summed E-state index contributed by atoms with van der Waals surface area (Å²) in [6.45, 7) is 6.25. The standard InChI is InChI=1S/C21H28N6O3/c1-2-29-21-24-19(22-10-16-5-4-8-30-16)23-20(25-21)26-11-14-9-15(13-26)17-6-3-7-18(28)27(17)12-14/h3,6-7,14-16H,2,4-5,8-13H2,1H3,(H,22,23,24,25)/t14-,15+,16+/m0/s1. The molecule has 9 heteroatoms. The Labute approximate surface area is 175 Å². The predicted molar refractivity (Wildman–Crippen MR) is 112 cm³/mol. The predicted octanol–water partition coefficient (Wildman–Crippen LogP) is 1.65. The number of hydrogen-bond donors (Lipinski definition) is 1. The van der Waals surface area contributed by atoms with Gasteiger partial charge in [-0.3, -0.25) is 4.79 Å². The van der Waals surface area contributed by atoms with Crippen molar-refractivity contribution in [2.24, 2.45) is 5.92 Å². The van der Waals surface area contributed by atoms with E-state index >= 15 is 0 Å². The first-order chi connectivity index (χ1) is 14.7. The van der Waals surface area contributed by atoms with Crippen molar-refractivity contribution in [1.82, 2.24) is 19.5 Å². The lowest BCUT2D eigenvalue weighted by Gasteiger charge is -2.42. The molecule has 3 atom stereocenters. The second-order valence-electron chi connectivity index (χ2n) is 8.29. The van der Waals surface area contributed by atoms with E-state index in [2.05, 4.69) is 31.2 Å². The minimum absolute atomic E-state index is 0.0926. The molecule has 0 aromatic carbocycles. The van der Waals surface area contributed by atoms with Gasteiger partial charge < -0.3 is 24.3 Å². The summed E-state index contributed by atoms with van der Waals surface area (Å²) in [7, 11) is 0. The normalized spacial score (nSPS) is 25.1. The van der Waals surface area contributed by atoms with Gasteiger partial charge in [0.1, 0.15) is 0 Å². The van der Waals surface area contributed by atoms with Gasteiger partial charge in [0.05, 0.1) is 12.7 Å². The third-order valence-electron chi connectivity index (χ3n) is 6.15. The molecule has 0 amide bonds. The van der Waals surface area contributed by atoms with Crippen LogP contribution in [0.25, 0.3) is 0 Å². The zero-order chi connectivity index (χ0) is 20.5. The molecule has 3 aliphatic rings. The first kappa shape index (κ1) is 19.3. The van der Waals surface area contributed by atoms with Crippen molar-refractivity contribution in [3.63, 3.8) is 0 Å². The summed E-state index contributed by atoms with van der Waals surface area (Å²) in [6.07, 6.45) is 3.44. The van der Waals surface area contributed by atoms with Gasteiger partial charge in [-0.1, -0.05) is 6.07 Å². The molecule has 5 rings (SSSR count). The molecule has 2 aromatic rings. The zero-order valence-electron chi connectivity index (χ0n) is 17.3. The van der Waals surface area contributed by atoms with Crippen LogP contribution in [0.4, 0.5) is 11.9 Å². The Hall–Kier alpha value is -2.68. The molecule has 9 nitrogen and oxygen atoms in total. The SMILES string of the molecule is CCOc1nc(NC[C@H]2CCCO2)nc(N2C[C@@H]3C[C@H](C2)c2cccc(=O)n2C3)n1. The van der Waals surface area contributed by atoms with Crippen LogP contribution in [-0.2, 0) is 11.3 Å². The van der Waals surface area contributed by atoms with E-state index in [0.29, 0.717) is 42.9 Å². The lowest BCUT2D eigenvalue weighted by atomic mass is 9.83. The van der Waals surface area contributed by atoms with Crippen LogP contribution in [0, 0.1) is 5.92 Å². The maximum absolute atomic E-state index is 12.3. The van der Waals surface area contributed by atoms with Crippen LogP contribution in [0.3, 0.4) is 0 Å². The quantitative estimate of drug-likeness (QED) is 0.765. The number of fused-ring (bicyclic) bond motifs is 4. The Morgan fingerprint density at radius 1 is 1.23 bits per heavy atom. The second kappa shape index (κ2) is 8.22. The third-order valence-corrected chi connectivity index (χ3v) is 6.15. The summed E-state index contributed by atoms with van der Waals surface area (Å²) in [5.41, 5.74) is 1.20. The van der Waals surface area contributed by atoms with Crippen LogP contribution < -0.4 is 20.5 Å². The van der Waals surface area contributed by atoms with Crippen LogP contribution >= 0.6 is 0 Å². The van der Waals surface area contributed by atoms with Crippen LogP contribution in [0.5, 0.6) is 6.01 Å². The summed E-state index contributed by atoms with van der Waals surface area (Å²) in [5.74, 6) is 1.84. The molecular formula is C21H28N6O3. The Balaban J connectivity index is 1.38. The fourth-order valence-corrected chi connectivity index (χ4v) is 4.83. The smallest absolute Gasteiger partial charge is 0.323 e. The minimum Gasteiger partial charge on any atom is -0.464 e. The van der Waals surface area contributed by atoms with Crippen LogP contribution in [-0.4, -0.2) is 58.5 Å². The lowest BCUT2D eigenvalue weighted by molar-refractivity contribution is 0.120.